The highest BCUT2D eigenvalue weighted by Crippen LogP contribution is 2.60. The Morgan fingerprint density at radius 1 is 1.05 bits per heavy atom. The van der Waals surface area contributed by atoms with Crippen molar-refractivity contribution in [2.45, 2.75) is 31.9 Å². The minimum atomic E-state index is -2.11. The summed E-state index contributed by atoms with van der Waals surface area (Å²) in [5, 5.41) is 9.85. The van der Waals surface area contributed by atoms with E-state index < -0.39 is 18.6 Å². The van der Waals surface area contributed by atoms with Gasteiger partial charge in [-0.2, -0.15) is 0 Å². The quantitative estimate of drug-likeness (QED) is 0.568. The Hall–Kier alpha value is 1.21. The Bertz CT molecular complexity index is 467. The molecule has 1 nitrogen and oxygen atoms in total. The zero-order valence-electron chi connectivity index (χ0n) is 10.2. The molecule has 0 aliphatic carbocycles. The fourth-order valence-corrected chi connectivity index (χ4v) is 2.99. The summed E-state index contributed by atoms with van der Waals surface area (Å²) >= 11 is 41.8. The maximum absolute atomic E-state index is 9.85. The molecule has 0 radical (unpaired) electrons. The molecular formula is C12H11Cl7O. The first-order valence-corrected chi connectivity index (χ1v) is 8.20. The molecule has 0 saturated heterocycles. The van der Waals surface area contributed by atoms with Crippen molar-refractivity contribution in [3.05, 3.63) is 35.4 Å². The molecular weight excluding hydrogens is 408 g/mol. The van der Waals surface area contributed by atoms with E-state index in [1.165, 1.54) is 0 Å². The smallest absolute Gasteiger partial charge is 0.226 e. The molecule has 1 unspecified atom stereocenters. The first-order valence-electron chi connectivity index (χ1n) is 5.56. The van der Waals surface area contributed by atoms with Gasteiger partial charge in [0.1, 0.15) is 0 Å². The Balaban J connectivity index is 3.29. The van der Waals surface area contributed by atoms with Gasteiger partial charge in [0.15, 0.2) is 4.33 Å². The molecule has 20 heavy (non-hydrogen) atoms. The number of hydrogen-bond donors (Lipinski definition) is 1. The zero-order chi connectivity index (χ0) is 15.8. The molecule has 1 aromatic carbocycles. The summed E-state index contributed by atoms with van der Waals surface area (Å²) in [6.07, 6.45) is -0.134. The zero-order valence-corrected chi connectivity index (χ0v) is 15.5. The standard InChI is InChI=1S/C12H11Cl7O/c1-2-9(20)7-4-3-5-8(6-7)10(13,14)11(15,16)12(17,18)19/h3-6,9,20H,2H2,1H3. The molecule has 1 aromatic rings. The third kappa shape index (κ3) is 3.75. The van der Waals surface area contributed by atoms with Gasteiger partial charge < -0.3 is 5.11 Å². The van der Waals surface area contributed by atoms with E-state index in [1.807, 2.05) is 6.92 Å². The van der Waals surface area contributed by atoms with Crippen LogP contribution in [-0.2, 0) is 4.33 Å². The molecule has 0 bridgehead atoms. The molecule has 0 amide bonds. The van der Waals surface area contributed by atoms with Crippen LogP contribution >= 0.6 is 81.2 Å². The van der Waals surface area contributed by atoms with Crippen molar-refractivity contribution in [2.75, 3.05) is 0 Å². The minimum absolute atomic E-state index is 0.321. The lowest BCUT2D eigenvalue weighted by atomic mass is 10.0. The average Bonchev–Trinajstić information content (AvgIpc) is 2.36. The third-order valence-corrected chi connectivity index (χ3v) is 6.73. The second kappa shape index (κ2) is 6.76. The van der Waals surface area contributed by atoms with Crippen LogP contribution in [0.4, 0.5) is 0 Å². The molecule has 1 N–H and O–H groups in total. The monoisotopic (exact) mass is 416 g/mol. The first kappa shape index (κ1) is 19.3. The lowest BCUT2D eigenvalue weighted by Crippen LogP contribution is -2.45. The lowest BCUT2D eigenvalue weighted by Gasteiger charge is -2.38. The van der Waals surface area contributed by atoms with E-state index in [0.29, 0.717) is 17.5 Å². The number of halogens is 7. The predicted octanol–water partition coefficient (Wildman–Crippen LogP) is 6.30. The van der Waals surface area contributed by atoms with Crippen LogP contribution in [0.25, 0.3) is 0 Å². The molecule has 8 heteroatoms. The van der Waals surface area contributed by atoms with E-state index in [9.17, 15) is 5.11 Å². The van der Waals surface area contributed by atoms with Crippen LogP contribution in [0.5, 0.6) is 0 Å². The molecule has 0 saturated carbocycles. The van der Waals surface area contributed by atoms with E-state index in [1.54, 1.807) is 24.3 Å². The molecule has 1 atom stereocenters. The molecule has 0 fully saturated rings. The summed E-state index contributed by atoms with van der Waals surface area (Å²) in [6, 6.07) is 6.54. The Labute approximate surface area is 153 Å². The molecule has 0 aliphatic heterocycles. The Morgan fingerprint density at radius 3 is 2.05 bits per heavy atom. The van der Waals surface area contributed by atoms with Crippen LogP contribution in [0.15, 0.2) is 24.3 Å². The number of aliphatic hydroxyl groups is 1. The van der Waals surface area contributed by atoms with Crippen LogP contribution in [0.1, 0.15) is 30.6 Å². The van der Waals surface area contributed by atoms with Gasteiger partial charge in [-0.05, 0) is 17.5 Å². The topological polar surface area (TPSA) is 20.2 Å². The summed E-state index contributed by atoms with van der Waals surface area (Å²) in [6.45, 7) is 1.83. The van der Waals surface area contributed by atoms with Crippen LogP contribution in [0.3, 0.4) is 0 Å². The van der Waals surface area contributed by atoms with Gasteiger partial charge in [-0.1, -0.05) is 112 Å². The molecule has 0 aliphatic rings. The number of aliphatic hydroxyl groups excluding tert-OH is 1. The second-order valence-corrected chi connectivity index (χ2v) is 9.13. The van der Waals surface area contributed by atoms with Gasteiger partial charge in [0.05, 0.1) is 6.10 Å². The molecule has 1 rings (SSSR count). The predicted molar refractivity (Wildman–Crippen MR) is 89.8 cm³/mol. The van der Waals surface area contributed by atoms with Crippen molar-refractivity contribution in [1.29, 1.82) is 0 Å². The van der Waals surface area contributed by atoms with Crippen molar-refractivity contribution in [3.63, 3.8) is 0 Å². The molecule has 0 heterocycles. The van der Waals surface area contributed by atoms with Gasteiger partial charge in [-0.3, -0.25) is 0 Å². The fraction of sp³-hybridized carbons (Fsp3) is 0.500. The van der Waals surface area contributed by atoms with Gasteiger partial charge in [0, 0.05) is 0 Å². The number of benzene rings is 1. The van der Waals surface area contributed by atoms with E-state index in [-0.39, 0.29) is 0 Å². The maximum Gasteiger partial charge on any atom is 0.226 e. The van der Waals surface area contributed by atoms with Crippen LogP contribution in [0.2, 0.25) is 0 Å². The van der Waals surface area contributed by atoms with Crippen LogP contribution in [-0.4, -0.2) is 13.2 Å². The lowest BCUT2D eigenvalue weighted by molar-refractivity contribution is 0.173. The highest BCUT2D eigenvalue weighted by molar-refractivity contribution is 6.78. The summed E-state index contributed by atoms with van der Waals surface area (Å²) in [5.41, 5.74) is 0.936. The first-order chi connectivity index (χ1) is 8.95. The number of rotatable bonds is 4. The number of alkyl halides is 7. The van der Waals surface area contributed by atoms with E-state index in [4.69, 9.17) is 81.2 Å². The van der Waals surface area contributed by atoms with Crippen molar-refractivity contribution < 1.29 is 5.11 Å². The number of hydrogen-bond acceptors (Lipinski definition) is 1. The summed E-state index contributed by atoms with van der Waals surface area (Å²) < 4.78 is -6.09. The van der Waals surface area contributed by atoms with Crippen molar-refractivity contribution in [2.24, 2.45) is 0 Å². The maximum atomic E-state index is 9.85. The van der Waals surface area contributed by atoms with Gasteiger partial charge in [-0.25, -0.2) is 0 Å². The summed E-state index contributed by atoms with van der Waals surface area (Å²) in [4.78, 5) is 0. The minimum Gasteiger partial charge on any atom is -0.388 e. The van der Waals surface area contributed by atoms with Crippen LogP contribution in [0, 0.1) is 0 Å². The molecule has 114 valence electrons. The normalized spacial score (nSPS) is 15.2. The highest BCUT2D eigenvalue weighted by atomic mass is 35.6. The van der Waals surface area contributed by atoms with Crippen LogP contribution < -0.4 is 0 Å². The van der Waals surface area contributed by atoms with Gasteiger partial charge in [-0.15, -0.1) is 0 Å². The average molecular weight is 419 g/mol. The third-order valence-electron chi connectivity index (χ3n) is 2.77. The Morgan fingerprint density at radius 2 is 1.60 bits per heavy atom. The molecule has 0 spiro atoms. The van der Waals surface area contributed by atoms with Gasteiger partial charge in [0.25, 0.3) is 0 Å². The van der Waals surface area contributed by atoms with E-state index >= 15 is 0 Å². The molecule has 0 aromatic heterocycles. The van der Waals surface area contributed by atoms with Crippen molar-refractivity contribution >= 4 is 81.2 Å². The van der Waals surface area contributed by atoms with Crippen molar-refractivity contribution in [1.82, 2.24) is 0 Å². The summed E-state index contributed by atoms with van der Waals surface area (Å²) in [5.74, 6) is 0. The SMILES string of the molecule is CCC(O)c1cccc(C(Cl)(Cl)C(Cl)(Cl)C(Cl)(Cl)Cl)c1. The highest BCUT2D eigenvalue weighted by Gasteiger charge is 2.60. The van der Waals surface area contributed by atoms with E-state index in [0.717, 1.165) is 0 Å². The van der Waals surface area contributed by atoms with Gasteiger partial charge in [0.2, 0.25) is 8.13 Å². The second-order valence-electron chi connectivity index (χ2n) is 4.20. The fourth-order valence-electron chi connectivity index (χ4n) is 1.54. The van der Waals surface area contributed by atoms with E-state index in [2.05, 4.69) is 0 Å². The van der Waals surface area contributed by atoms with Crippen molar-refractivity contribution in [3.8, 4) is 0 Å². The summed E-state index contributed by atoms with van der Waals surface area (Å²) in [7, 11) is 0. The Kier molecular flexibility index (Phi) is 6.51. The van der Waals surface area contributed by atoms with Gasteiger partial charge >= 0.3 is 0 Å². The largest absolute Gasteiger partial charge is 0.388 e.